The Bertz CT molecular complexity index is 1110. The normalized spacial score (nSPS) is 17.2. The Balaban J connectivity index is 1.59. The van der Waals surface area contributed by atoms with Crippen molar-refractivity contribution in [2.45, 2.75) is 42.1 Å². The molecule has 12 heteroatoms. The smallest absolute Gasteiger partial charge is 0.376 e. The molecule has 0 spiro atoms. The number of tetrazole rings is 1. The van der Waals surface area contributed by atoms with E-state index in [2.05, 4.69) is 20.8 Å². The number of carbonyl (C=O) groups excluding carboxylic acids is 1. The van der Waals surface area contributed by atoms with Crippen LogP contribution in [0.15, 0.2) is 53.7 Å². The fraction of sp³-hybridized carbons (Fsp3) is 0.333. The van der Waals surface area contributed by atoms with Crippen LogP contribution in [0.4, 0.5) is 18.9 Å². The number of rotatable bonds is 7. The number of benzene rings is 2. The molecule has 33 heavy (non-hydrogen) atoms. The highest BCUT2D eigenvalue weighted by atomic mass is 35.5. The largest absolute Gasteiger partial charge is 0.416 e. The highest BCUT2D eigenvalue weighted by molar-refractivity contribution is 8.00. The van der Waals surface area contributed by atoms with Gasteiger partial charge < -0.3 is 10.1 Å². The van der Waals surface area contributed by atoms with E-state index >= 15 is 0 Å². The maximum atomic E-state index is 13.2. The molecular formula is C21H19ClF3N5O2S. The molecule has 0 bridgehead atoms. The number of aromatic nitrogens is 4. The van der Waals surface area contributed by atoms with Gasteiger partial charge in [0, 0.05) is 6.61 Å². The van der Waals surface area contributed by atoms with E-state index in [0.717, 1.165) is 42.8 Å². The number of alkyl halides is 3. The van der Waals surface area contributed by atoms with Crippen molar-refractivity contribution in [2.24, 2.45) is 0 Å². The Morgan fingerprint density at radius 1 is 1.27 bits per heavy atom. The number of nitrogens with zero attached hydrogens (tertiary/aromatic N) is 4. The van der Waals surface area contributed by atoms with Gasteiger partial charge in [0.05, 0.1) is 28.9 Å². The third-order valence-corrected chi connectivity index (χ3v) is 6.57. The zero-order chi connectivity index (χ0) is 23.4. The van der Waals surface area contributed by atoms with Crippen molar-refractivity contribution < 1.29 is 22.7 Å². The highest BCUT2D eigenvalue weighted by Crippen LogP contribution is 2.37. The molecule has 2 heterocycles. The quantitative estimate of drug-likeness (QED) is 0.463. The second-order valence-electron chi connectivity index (χ2n) is 7.37. The molecule has 1 amide bonds. The van der Waals surface area contributed by atoms with E-state index < -0.39 is 22.9 Å². The molecular weight excluding hydrogens is 479 g/mol. The van der Waals surface area contributed by atoms with Crippen LogP contribution in [0.1, 0.15) is 29.2 Å². The highest BCUT2D eigenvalue weighted by Gasteiger charge is 2.32. The Labute approximate surface area is 196 Å². The van der Waals surface area contributed by atoms with Crippen molar-refractivity contribution in [1.29, 1.82) is 0 Å². The Kier molecular flexibility index (Phi) is 7.20. The summed E-state index contributed by atoms with van der Waals surface area (Å²) in [6, 6.07) is 11.6. The fourth-order valence-corrected chi connectivity index (χ4v) is 4.53. The van der Waals surface area contributed by atoms with Crippen LogP contribution in [-0.4, -0.2) is 38.8 Å². The lowest BCUT2D eigenvalue weighted by atomic mass is 10.1. The van der Waals surface area contributed by atoms with Gasteiger partial charge in [0.15, 0.2) is 0 Å². The van der Waals surface area contributed by atoms with Crippen LogP contribution < -0.4 is 5.32 Å². The summed E-state index contributed by atoms with van der Waals surface area (Å²) in [5.74, 6) is -0.556. The lowest BCUT2D eigenvalue weighted by Gasteiger charge is -2.18. The van der Waals surface area contributed by atoms with Crippen molar-refractivity contribution in [3.8, 4) is 0 Å². The Hall–Kier alpha value is -2.63. The van der Waals surface area contributed by atoms with Gasteiger partial charge in [0.25, 0.3) is 0 Å². The summed E-state index contributed by atoms with van der Waals surface area (Å²) in [5.41, 5.74) is -0.404. The molecule has 1 aromatic heterocycles. The average molecular weight is 498 g/mol. The minimum Gasteiger partial charge on any atom is -0.376 e. The number of nitrogens with one attached hydrogen (secondary N) is 1. The van der Waals surface area contributed by atoms with E-state index in [9.17, 15) is 18.0 Å². The van der Waals surface area contributed by atoms with Crippen molar-refractivity contribution in [1.82, 2.24) is 20.2 Å². The number of anilines is 1. The number of hydrogen-bond acceptors (Lipinski definition) is 6. The minimum atomic E-state index is -4.57. The maximum absolute atomic E-state index is 13.2. The first-order valence-corrected chi connectivity index (χ1v) is 11.3. The van der Waals surface area contributed by atoms with E-state index in [1.54, 1.807) is 35.0 Å². The lowest BCUT2D eigenvalue weighted by molar-refractivity contribution is -0.137. The monoisotopic (exact) mass is 497 g/mol. The third kappa shape index (κ3) is 5.84. The number of thioether (sulfide) groups is 1. The van der Waals surface area contributed by atoms with Crippen LogP contribution in [0.25, 0.3) is 0 Å². The molecule has 0 radical (unpaired) electrons. The third-order valence-electron chi connectivity index (χ3n) is 5.01. The van der Waals surface area contributed by atoms with Gasteiger partial charge >= 0.3 is 6.18 Å². The second kappa shape index (κ2) is 10.1. The number of amides is 1. The summed E-state index contributed by atoms with van der Waals surface area (Å²) in [6.45, 7) is 1.12. The molecule has 4 rings (SSSR count). The maximum Gasteiger partial charge on any atom is 0.416 e. The second-order valence-corrected chi connectivity index (χ2v) is 8.85. The molecule has 1 aliphatic heterocycles. The van der Waals surface area contributed by atoms with Gasteiger partial charge in [-0.2, -0.15) is 13.2 Å². The molecule has 3 aromatic rings. The predicted molar refractivity (Wildman–Crippen MR) is 117 cm³/mol. The van der Waals surface area contributed by atoms with Crippen molar-refractivity contribution in [2.75, 3.05) is 11.9 Å². The van der Waals surface area contributed by atoms with E-state index in [1.165, 1.54) is 0 Å². The zero-order valence-corrected chi connectivity index (χ0v) is 18.7. The van der Waals surface area contributed by atoms with Gasteiger partial charge in [0.2, 0.25) is 11.1 Å². The van der Waals surface area contributed by atoms with Crippen molar-refractivity contribution >= 4 is 35.0 Å². The number of ether oxygens (including phenoxy) is 1. The first kappa shape index (κ1) is 23.5. The Morgan fingerprint density at radius 3 is 2.76 bits per heavy atom. The molecule has 2 atom stereocenters. The van der Waals surface area contributed by atoms with Gasteiger partial charge in [-0.1, -0.05) is 53.7 Å². The van der Waals surface area contributed by atoms with E-state index in [-0.39, 0.29) is 16.8 Å². The van der Waals surface area contributed by atoms with Gasteiger partial charge in [-0.25, -0.2) is 4.68 Å². The van der Waals surface area contributed by atoms with Crippen LogP contribution in [0.3, 0.4) is 0 Å². The van der Waals surface area contributed by atoms with Crippen LogP contribution in [0.5, 0.6) is 0 Å². The van der Waals surface area contributed by atoms with Crippen LogP contribution in [-0.2, 0) is 22.3 Å². The number of halogens is 4. The zero-order valence-electron chi connectivity index (χ0n) is 17.1. The molecule has 0 unspecified atom stereocenters. The minimum absolute atomic E-state index is 0.00335. The Morgan fingerprint density at radius 2 is 2.06 bits per heavy atom. The van der Waals surface area contributed by atoms with Crippen LogP contribution in [0.2, 0.25) is 5.02 Å². The van der Waals surface area contributed by atoms with Crippen LogP contribution in [0, 0.1) is 0 Å². The first-order chi connectivity index (χ1) is 15.8. The number of hydrogen-bond donors (Lipinski definition) is 1. The SMILES string of the molecule is O=C(Nc1cc(C(F)(F)F)ccc1Cl)[C@H](Sc1nnnn1C[C@H]1CCCO1)c1ccccc1. The standard InChI is InChI=1S/C21H19ClF3N5O2S/c22-16-9-8-14(21(23,24)25)11-17(16)26-19(31)18(13-5-2-1-3-6-13)33-20-27-28-29-30(20)12-15-7-4-10-32-15/h1-3,5-6,8-9,11,15,18H,4,7,10,12H2,(H,26,31)/t15-,18-/m1/s1. The summed E-state index contributed by atoms with van der Waals surface area (Å²) in [5, 5.41) is 13.8. The topological polar surface area (TPSA) is 81.9 Å². The van der Waals surface area contributed by atoms with E-state index in [4.69, 9.17) is 16.3 Å². The lowest BCUT2D eigenvalue weighted by Crippen LogP contribution is -2.21. The molecule has 1 saturated heterocycles. The van der Waals surface area contributed by atoms with Crippen LogP contribution >= 0.6 is 23.4 Å². The molecule has 1 aliphatic rings. The summed E-state index contributed by atoms with van der Waals surface area (Å²) in [6.07, 6.45) is -2.73. The summed E-state index contributed by atoms with van der Waals surface area (Å²) < 4.78 is 46.6. The predicted octanol–water partition coefficient (Wildman–Crippen LogP) is 5.00. The number of carbonyl (C=O) groups is 1. The van der Waals surface area contributed by atoms with Gasteiger partial charge in [-0.15, -0.1) is 5.10 Å². The van der Waals surface area contributed by atoms with Crippen molar-refractivity contribution in [3.63, 3.8) is 0 Å². The fourth-order valence-electron chi connectivity index (χ4n) is 3.38. The summed E-state index contributed by atoms with van der Waals surface area (Å²) >= 11 is 7.16. The van der Waals surface area contributed by atoms with Gasteiger partial charge in [0.1, 0.15) is 5.25 Å². The van der Waals surface area contributed by atoms with Gasteiger partial charge in [-0.05, 0) is 47.0 Å². The van der Waals surface area contributed by atoms with E-state index in [0.29, 0.717) is 23.9 Å². The van der Waals surface area contributed by atoms with E-state index in [1.807, 2.05) is 0 Å². The summed E-state index contributed by atoms with van der Waals surface area (Å²) in [7, 11) is 0. The molecule has 0 saturated carbocycles. The first-order valence-electron chi connectivity index (χ1n) is 10.1. The van der Waals surface area contributed by atoms with Crippen molar-refractivity contribution in [3.05, 3.63) is 64.7 Å². The molecule has 1 N–H and O–H groups in total. The molecule has 7 nitrogen and oxygen atoms in total. The molecule has 1 fully saturated rings. The molecule has 2 aromatic carbocycles. The molecule has 0 aliphatic carbocycles. The molecule has 174 valence electrons. The summed E-state index contributed by atoms with van der Waals surface area (Å²) in [4.78, 5) is 13.2. The van der Waals surface area contributed by atoms with Gasteiger partial charge in [-0.3, -0.25) is 4.79 Å². The average Bonchev–Trinajstić information content (AvgIpc) is 3.46.